The molecule has 1 heterocycles. The van der Waals surface area contributed by atoms with Crippen LogP contribution in [0.4, 0.5) is 5.13 Å². The minimum absolute atomic E-state index is 0.591. The van der Waals surface area contributed by atoms with Crippen LogP contribution in [-0.2, 0) is 0 Å². The molecule has 0 atom stereocenters. The van der Waals surface area contributed by atoms with Crippen molar-refractivity contribution >= 4 is 40.0 Å². The minimum atomic E-state index is 0.591. The number of rotatable bonds is 1. The molecule has 0 N–H and O–H groups in total. The van der Waals surface area contributed by atoms with E-state index in [9.17, 15) is 0 Å². The van der Waals surface area contributed by atoms with E-state index in [0.717, 1.165) is 3.94 Å². The summed E-state index contributed by atoms with van der Waals surface area (Å²) in [6, 6.07) is 0. The molecule has 1 aromatic rings. The molecule has 0 unspecified atom stereocenters. The van der Waals surface area contributed by atoms with E-state index in [1.165, 1.54) is 11.3 Å². The summed E-state index contributed by atoms with van der Waals surface area (Å²) in [5.41, 5.74) is 0. The van der Waals surface area contributed by atoms with Crippen molar-refractivity contribution < 1.29 is 0 Å². The Morgan fingerprint density at radius 3 is 2.62 bits per heavy atom. The molecule has 0 radical (unpaired) electrons. The van der Waals surface area contributed by atoms with Crippen molar-refractivity contribution in [2.45, 2.75) is 0 Å². The van der Waals surface area contributed by atoms with E-state index in [1.54, 1.807) is 11.6 Å². The SMILES string of the molecule is ClN(Cl)c1nccs1. The monoisotopic (exact) mass is 168 g/mol. The Balaban J connectivity index is 2.77. The third kappa shape index (κ3) is 1.24. The van der Waals surface area contributed by atoms with E-state index in [0.29, 0.717) is 5.13 Å². The quantitative estimate of drug-likeness (QED) is 0.599. The van der Waals surface area contributed by atoms with Gasteiger partial charge in [0.25, 0.3) is 0 Å². The molecule has 5 heteroatoms. The van der Waals surface area contributed by atoms with Crippen molar-refractivity contribution in [3.05, 3.63) is 11.6 Å². The lowest BCUT2D eigenvalue weighted by Crippen LogP contribution is -1.88. The summed E-state index contributed by atoms with van der Waals surface area (Å²) in [6.45, 7) is 0. The fraction of sp³-hybridized carbons (Fsp3) is 0. The Morgan fingerprint density at radius 1 is 1.62 bits per heavy atom. The predicted octanol–water partition coefficient (Wildman–Crippen LogP) is 2.26. The Bertz CT molecular complexity index is 150. The average molecular weight is 169 g/mol. The Labute approximate surface area is 60.9 Å². The molecule has 1 aromatic heterocycles. The number of halogens is 2. The molecule has 0 spiro atoms. The topological polar surface area (TPSA) is 16.1 Å². The zero-order valence-electron chi connectivity index (χ0n) is 3.71. The number of hydrogen-bond donors (Lipinski definition) is 0. The van der Waals surface area contributed by atoms with Crippen LogP contribution in [0.5, 0.6) is 0 Å². The summed E-state index contributed by atoms with van der Waals surface area (Å²) in [5.74, 6) is 0. The molecule has 2 nitrogen and oxygen atoms in total. The first-order valence-corrected chi connectivity index (χ1v) is 3.37. The van der Waals surface area contributed by atoms with E-state index in [1.807, 2.05) is 0 Å². The standard InChI is InChI=1S/C3H2Cl2N2S/c4-7(5)3-6-1-2-8-3/h1-2H. The lowest BCUT2D eigenvalue weighted by molar-refractivity contribution is 1.38. The van der Waals surface area contributed by atoms with Gasteiger partial charge in [-0.2, -0.15) is 3.94 Å². The van der Waals surface area contributed by atoms with Crippen LogP contribution >= 0.6 is 34.9 Å². The molecule has 0 aliphatic rings. The van der Waals surface area contributed by atoms with E-state index in [4.69, 9.17) is 23.6 Å². The highest BCUT2D eigenvalue weighted by Gasteiger charge is 1.98. The van der Waals surface area contributed by atoms with Gasteiger partial charge in [-0.3, -0.25) is 0 Å². The lowest BCUT2D eigenvalue weighted by Gasteiger charge is -1.95. The van der Waals surface area contributed by atoms with E-state index >= 15 is 0 Å². The second-order valence-corrected chi connectivity index (χ2v) is 2.77. The van der Waals surface area contributed by atoms with E-state index in [2.05, 4.69) is 4.98 Å². The fourth-order valence-corrected chi connectivity index (χ4v) is 1.07. The average Bonchev–Trinajstić information content (AvgIpc) is 2.12. The normalized spacial score (nSPS) is 9.25. The Morgan fingerprint density at radius 2 is 2.38 bits per heavy atom. The van der Waals surface area contributed by atoms with Gasteiger partial charge in [0, 0.05) is 35.1 Å². The Hall–Kier alpha value is 0.01000. The molecule has 0 bridgehead atoms. The van der Waals surface area contributed by atoms with E-state index < -0.39 is 0 Å². The van der Waals surface area contributed by atoms with Crippen LogP contribution in [0.3, 0.4) is 0 Å². The smallest absolute Gasteiger partial charge is 0.215 e. The molecule has 0 aliphatic carbocycles. The van der Waals surface area contributed by atoms with Crippen LogP contribution in [0.25, 0.3) is 0 Å². The number of aromatic nitrogens is 1. The highest BCUT2D eigenvalue weighted by molar-refractivity contribution is 7.14. The van der Waals surface area contributed by atoms with Gasteiger partial charge in [-0.25, -0.2) is 4.98 Å². The molecule has 0 aliphatic heterocycles. The van der Waals surface area contributed by atoms with Crippen LogP contribution < -0.4 is 3.94 Å². The maximum absolute atomic E-state index is 5.29. The van der Waals surface area contributed by atoms with Crippen molar-refractivity contribution in [3.8, 4) is 0 Å². The molecule has 0 saturated heterocycles. The summed E-state index contributed by atoms with van der Waals surface area (Å²) >= 11 is 12.0. The molecule has 8 heavy (non-hydrogen) atoms. The first-order chi connectivity index (χ1) is 3.80. The highest BCUT2D eigenvalue weighted by Crippen LogP contribution is 2.20. The third-order valence-corrected chi connectivity index (χ3v) is 1.84. The van der Waals surface area contributed by atoms with Crippen LogP contribution in [0.1, 0.15) is 0 Å². The van der Waals surface area contributed by atoms with Gasteiger partial charge in [-0.15, -0.1) is 11.3 Å². The first-order valence-electron chi connectivity index (χ1n) is 1.82. The molecule has 0 saturated carbocycles. The lowest BCUT2D eigenvalue weighted by atomic mass is 11.0. The van der Waals surface area contributed by atoms with Gasteiger partial charge in [-0.05, 0) is 0 Å². The fourth-order valence-electron chi connectivity index (χ4n) is 0.299. The summed E-state index contributed by atoms with van der Waals surface area (Å²) in [4.78, 5) is 3.80. The summed E-state index contributed by atoms with van der Waals surface area (Å²) in [7, 11) is 0. The van der Waals surface area contributed by atoms with Crippen LogP contribution in [0.2, 0.25) is 0 Å². The Kier molecular flexibility index (Phi) is 1.94. The van der Waals surface area contributed by atoms with Gasteiger partial charge < -0.3 is 0 Å². The minimum Gasteiger partial charge on any atom is -0.227 e. The molecule has 0 aromatic carbocycles. The summed E-state index contributed by atoms with van der Waals surface area (Å²) in [6.07, 6.45) is 1.64. The zero-order chi connectivity index (χ0) is 5.98. The number of anilines is 1. The maximum Gasteiger partial charge on any atom is 0.215 e. The molecule has 1 rings (SSSR count). The molecular weight excluding hydrogens is 167 g/mol. The highest BCUT2D eigenvalue weighted by atomic mass is 35.5. The molecule has 0 amide bonds. The molecule has 44 valence electrons. The third-order valence-electron chi connectivity index (χ3n) is 0.564. The van der Waals surface area contributed by atoms with Crippen molar-refractivity contribution in [3.63, 3.8) is 0 Å². The van der Waals surface area contributed by atoms with Gasteiger partial charge in [0.1, 0.15) is 0 Å². The van der Waals surface area contributed by atoms with Crippen LogP contribution in [0.15, 0.2) is 11.6 Å². The number of thiazole rings is 1. The van der Waals surface area contributed by atoms with Crippen molar-refractivity contribution in [2.75, 3.05) is 3.94 Å². The second-order valence-electron chi connectivity index (χ2n) is 1.05. The van der Waals surface area contributed by atoms with Crippen molar-refractivity contribution in [1.29, 1.82) is 0 Å². The van der Waals surface area contributed by atoms with E-state index in [-0.39, 0.29) is 0 Å². The zero-order valence-corrected chi connectivity index (χ0v) is 6.04. The predicted molar refractivity (Wildman–Crippen MR) is 36.3 cm³/mol. The largest absolute Gasteiger partial charge is 0.227 e. The summed E-state index contributed by atoms with van der Waals surface area (Å²) in [5, 5.41) is 2.39. The first kappa shape index (κ1) is 6.13. The molecule has 0 fully saturated rings. The van der Waals surface area contributed by atoms with Gasteiger partial charge in [0.2, 0.25) is 5.13 Å². The van der Waals surface area contributed by atoms with Crippen molar-refractivity contribution in [1.82, 2.24) is 4.98 Å². The number of hydrogen-bond acceptors (Lipinski definition) is 3. The van der Waals surface area contributed by atoms with Gasteiger partial charge in [0.15, 0.2) is 0 Å². The second kappa shape index (κ2) is 2.53. The molecular formula is C3H2Cl2N2S. The maximum atomic E-state index is 5.29. The van der Waals surface area contributed by atoms with Crippen LogP contribution in [0, 0.1) is 0 Å². The van der Waals surface area contributed by atoms with Gasteiger partial charge >= 0.3 is 0 Å². The van der Waals surface area contributed by atoms with Gasteiger partial charge in [0.05, 0.1) is 0 Å². The number of nitrogens with zero attached hydrogens (tertiary/aromatic N) is 2. The summed E-state index contributed by atoms with van der Waals surface area (Å²) < 4.78 is 0.935. The van der Waals surface area contributed by atoms with Crippen LogP contribution in [-0.4, -0.2) is 4.98 Å². The van der Waals surface area contributed by atoms with Gasteiger partial charge in [-0.1, -0.05) is 0 Å². The van der Waals surface area contributed by atoms with Crippen molar-refractivity contribution in [2.24, 2.45) is 0 Å².